The largest absolute Gasteiger partial charge is 0.399 e. The second-order valence-corrected chi connectivity index (χ2v) is 5.08. The number of hydrogen-bond donors (Lipinski definition) is 1. The molecule has 1 aliphatic heterocycles. The highest BCUT2D eigenvalue weighted by Gasteiger charge is 2.28. The Kier molecular flexibility index (Phi) is 2.56. The molecule has 2 N–H and O–H groups in total. The molecule has 3 heteroatoms. The van der Waals surface area contributed by atoms with E-state index in [9.17, 15) is 4.79 Å². The molecule has 0 fully saturated rings. The van der Waals surface area contributed by atoms with Gasteiger partial charge < -0.3 is 10.6 Å². The molecule has 19 heavy (non-hydrogen) atoms. The van der Waals surface area contributed by atoms with Crippen molar-refractivity contribution in [2.24, 2.45) is 0 Å². The van der Waals surface area contributed by atoms with E-state index in [2.05, 4.69) is 26.0 Å². The van der Waals surface area contributed by atoms with Gasteiger partial charge in [0.25, 0.3) is 5.91 Å². The maximum Gasteiger partial charge on any atom is 0.259 e. The lowest BCUT2D eigenvalue weighted by Gasteiger charge is -2.17. The first-order chi connectivity index (χ1) is 9.06. The zero-order valence-corrected chi connectivity index (χ0v) is 11.1. The Morgan fingerprint density at radius 1 is 1.05 bits per heavy atom. The van der Waals surface area contributed by atoms with Gasteiger partial charge in [0.05, 0.1) is 6.54 Å². The number of nitrogens with zero attached hydrogens (tertiary/aromatic N) is 1. The molecule has 0 aliphatic carbocycles. The van der Waals surface area contributed by atoms with Crippen LogP contribution in [0.5, 0.6) is 0 Å². The standard InChI is InChI=1S/C16H16N2O/c1-10-3-6-14(7-11(10)2)18-9-12-4-5-13(17)8-15(12)16(18)19/h3-8H,9,17H2,1-2H3. The van der Waals surface area contributed by atoms with Crippen molar-refractivity contribution in [1.82, 2.24) is 0 Å². The van der Waals surface area contributed by atoms with Crippen molar-refractivity contribution in [2.75, 3.05) is 10.6 Å². The van der Waals surface area contributed by atoms with Crippen LogP contribution in [-0.2, 0) is 6.54 Å². The summed E-state index contributed by atoms with van der Waals surface area (Å²) in [6.45, 7) is 4.75. The van der Waals surface area contributed by atoms with Gasteiger partial charge in [-0.15, -0.1) is 0 Å². The number of amides is 1. The fourth-order valence-electron chi connectivity index (χ4n) is 2.42. The summed E-state index contributed by atoms with van der Waals surface area (Å²) in [6.07, 6.45) is 0. The molecule has 3 nitrogen and oxygen atoms in total. The topological polar surface area (TPSA) is 46.3 Å². The SMILES string of the molecule is Cc1ccc(N2Cc3ccc(N)cc3C2=O)cc1C. The lowest BCUT2D eigenvalue weighted by atomic mass is 10.1. The Morgan fingerprint density at radius 3 is 2.58 bits per heavy atom. The van der Waals surface area contributed by atoms with Crippen molar-refractivity contribution in [2.45, 2.75) is 20.4 Å². The Labute approximate surface area is 112 Å². The average molecular weight is 252 g/mol. The van der Waals surface area contributed by atoms with Crippen molar-refractivity contribution in [3.8, 4) is 0 Å². The molecule has 3 rings (SSSR count). The average Bonchev–Trinajstić information content (AvgIpc) is 2.70. The normalized spacial score (nSPS) is 13.8. The van der Waals surface area contributed by atoms with Crippen LogP contribution in [0.4, 0.5) is 11.4 Å². The number of nitrogen functional groups attached to an aromatic ring is 1. The van der Waals surface area contributed by atoms with Gasteiger partial charge in [0.2, 0.25) is 0 Å². The number of hydrogen-bond acceptors (Lipinski definition) is 2. The number of benzene rings is 2. The lowest BCUT2D eigenvalue weighted by molar-refractivity contribution is 0.0996. The summed E-state index contributed by atoms with van der Waals surface area (Å²) < 4.78 is 0. The fourth-order valence-corrected chi connectivity index (χ4v) is 2.42. The van der Waals surface area contributed by atoms with Crippen LogP contribution in [0.3, 0.4) is 0 Å². The molecular weight excluding hydrogens is 236 g/mol. The van der Waals surface area contributed by atoms with Crippen molar-refractivity contribution >= 4 is 17.3 Å². The van der Waals surface area contributed by atoms with Crippen LogP contribution in [0.1, 0.15) is 27.0 Å². The maximum absolute atomic E-state index is 12.4. The van der Waals surface area contributed by atoms with E-state index in [-0.39, 0.29) is 5.91 Å². The van der Waals surface area contributed by atoms with Gasteiger partial charge in [-0.3, -0.25) is 4.79 Å². The van der Waals surface area contributed by atoms with Gasteiger partial charge in [0.15, 0.2) is 0 Å². The summed E-state index contributed by atoms with van der Waals surface area (Å²) in [4.78, 5) is 14.2. The summed E-state index contributed by atoms with van der Waals surface area (Å²) in [5, 5.41) is 0. The van der Waals surface area contributed by atoms with E-state index in [0.717, 1.165) is 16.8 Å². The second kappa shape index (κ2) is 4.12. The molecular formula is C16H16N2O. The number of anilines is 2. The third-order valence-corrected chi connectivity index (χ3v) is 3.74. The van der Waals surface area contributed by atoms with Gasteiger partial charge in [-0.1, -0.05) is 12.1 Å². The number of aryl methyl sites for hydroxylation is 2. The third kappa shape index (κ3) is 1.87. The van der Waals surface area contributed by atoms with Gasteiger partial charge in [0, 0.05) is 16.9 Å². The Morgan fingerprint density at radius 2 is 1.84 bits per heavy atom. The van der Waals surface area contributed by atoms with Gasteiger partial charge in [-0.2, -0.15) is 0 Å². The van der Waals surface area contributed by atoms with Crippen LogP contribution < -0.4 is 10.6 Å². The molecule has 96 valence electrons. The lowest BCUT2D eigenvalue weighted by Crippen LogP contribution is -2.23. The number of nitrogens with two attached hydrogens (primary N) is 1. The van der Waals surface area contributed by atoms with Crippen LogP contribution in [0.25, 0.3) is 0 Å². The number of rotatable bonds is 1. The molecule has 0 radical (unpaired) electrons. The molecule has 0 saturated carbocycles. The zero-order chi connectivity index (χ0) is 13.6. The molecule has 1 aliphatic rings. The molecule has 0 atom stereocenters. The van der Waals surface area contributed by atoms with Gasteiger partial charge >= 0.3 is 0 Å². The van der Waals surface area contributed by atoms with E-state index in [0.29, 0.717) is 12.2 Å². The molecule has 1 amide bonds. The van der Waals surface area contributed by atoms with Crippen LogP contribution in [0.15, 0.2) is 36.4 Å². The summed E-state index contributed by atoms with van der Waals surface area (Å²) in [5.41, 5.74) is 11.5. The highest BCUT2D eigenvalue weighted by atomic mass is 16.2. The van der Waals surface area contributed by atoms with Crippen molar-refractivity contribution in [1.29, 1.82) is 0 Å². The fraction of sp³-hybridized carbons (Fsp3) is 0.188. The molecule has 2 aromatic carbocycles. The molecule has 0 bridgehead atoms. The van der Waals surface area contributed by atoms with E-state index >= 15 is 0 Å². The summed E-state index contributed by atoms with van der Waals surface area (Å²) in [5.74, 6) is 0.0329. The minimum absolute atomic E-state index is 0.0329. The second-order valence-electron chi connectivity index (χ2n) is 5.08. The van der Waals surface area contributed by atoms with Gasteiger partial charge in [-0.25, -0.2) is 0 Å². The van der Waals surface area contributed by atoms with E-state index < -0.39 is 0 Å². The van der Waals surface area contributed by atoms with Gasteiger partial charge in [-0.05, 0) is 54.8 Å². The first kappa shape index (κ1) is 11.8. The van der Waals surface area contributed by atoms with E-state index in [4.69, 9.17) is 5.73 Å². The van der Waals surface area contributed by atoms with Gasteiger partial charge in [0.1, 0.15) is 0 Å². The molecule has 0 unspecified atom stereocenters. The highest BCUT2D eigenvalue weighted by molar-refractivity contribution is 6.10. The van der Waals surface area contributed by atoms with E-state index in [1.54, 1.807) is 11.0 Å². The first-order valence-corrected chi connectivity index (χ1v) is 6.34. The van der Waals surface area contributed by atoms with Crippen LogP contribution >= 0.6 is 0 Å². The summed E-state index contributed by atoms with van der Waals surface area (Å²) in [7, 11) is 0. The number of carbonyl (C=O) groups excluding carboxylic acids is 1. The Hall–Kier alpha value is -2.29. The molecule has 0 saturated heterocycles. The summed E-state index contributed by atoms with van der Waals surface area (Å²) in [6, 6.07) is 11.6. The summed E-state index contributed by atoms with van der Waals surface area (Å²) >= 11 is 0. The quantitative estimate of drug-likeness (QED) is 0.793. The highest BCUT2D eigenvalue weighted by Crippen LogP contribution is 2.30. The monoisotopic (exact) mass is 252 g/mol. The Balaban J connectivity index is 2.01. The number of fused-ring (bicyclic) bond motifs is 1. The smallest absolute Gasteiger partial charge is 0.259 e. The van der Waals surface area contributed by atoms with E-state index in [1.165, 1.54) is 11.1 Å². The van der Waals surface area contributed by atoms with Crippen molar-refractivity contribution in [3.63, 3.8) is 0 Å². The molecule has 0 aromatic heterocycles. The first-order valence-electron chi connectivity index (χ1n) is 6.34. The van der Waals surface area contributed by atoms with Crippen LogP contribution in [-0.4, -0.2) is 5.91 Å². The number of carbonyl (C=O) groups is 1. The molecule has 2 aromatic rings. The molecule has 0 spiro atoms. The third-order valence-electron chi connectivity index (χ3n) is 3.74. The maximum atomic E-state index is 12.4. The van der Waals surface area contributed by atoms with Crippen molar-refractivity contribution < 1.29 is 4.79 Å². The van der Waals surface area contributed by atoms with Crippen LogP contribution in [0.2, 0.25) is 0 Å². The minimum Gasteiger partial charge on any atom is -0.399 e. The minimum atomic E-state index is 0.0329. The molecule has 1 heterocycles. The van der Waals surface area contributed by atoms with Crippen molar-refractivity contribution in [3.05, 3.63) is 58.7 Å². The predicted molar refractivity (Wildman–Crippen MR) is 77.3 cm³/mol. The Bertz CT molecular complexity index is 676. The zero-order valence-electron chi connectivity index (χ0n) is 11.1. The van der Waals surface area contributed by atoms with Crippen LogP contribution in [0, 0.1) is 13.8 Å². The predicted octanol–water partition coefficient (Wildman–Crippen LogP) is 3.05. The van der Waals surface area contributed by atoms with E-state index in [1.807, 2.05) is 18.2 Å².